The van der Waals surface area contributed by atoms with Gasteiger partial charge in [0.2, 0.25) is 0 Å². The molecule has 0 radical (unpaired) electrons. The zero-order chi connectivity index (χ0) is 7.61. The van der Waals surface area contributed by atoms with Gasteiger partial charge in [0.1, 0.15) is 0 Å². The van der Waals surface area contributed by atoms with Gasteiger partial charge in [-0.15, -0.1) is 0 Å². The summed E-state index contributed by atoms with van der Waals surface area (Å²) in [6.45, 7) is 6.76. The van der Waals surface area contributed by atoms with E-state index >= 15 is 0 Å². The zero-order valence-electron chi connectivity index (χ0n) is 7.48. The summed E-state index contributed by atoms with van der Waals surface area (Å²) in [6.07, 6.45) is 4.52. The maximum Gasteiger partial charge on any atom is 0.00474 e. The summed E-state index contributed by atoms with van der Waals surface area (Å²) in [7, 11) is 2.21. The molecule has 2 rings (SSSR count). The molecule has 1 spiro atoms. The van der Waals surface area contributed by atoms with E-state index in [2.05, 4.69) is 11.9 Å². The van der Waals surface area contributed by atoms with Gasteiger partial charge in [0.15, 0.2) is 0 Å². The molecule has 0 unspecified atom stereocenters. The number of nitrogens with zero attached hydrogens (tertiary/aromatic N) is 1. The van der Waals surface area contributed by atoms with Gasteiger partial charge in [-0.3, -0.25) is 0 Å². The molecule has 0 aromatic heterocycles. The second-order valence-electron chi connectivity index (χ2n) is 3.53. The van der Waals surface area contributed by atoms with Crippen LogP contribution in [0.15, 0.2) is 0 Å². The van der Waals surface area contributed by atoms with E-state index < -0.39 is 0 Å². The minimum Gasteiger partial charge on any atom is -0.305 e. The van der Waals surface area contributed by atoms with Crippen molar-refractivity contribution >= 4 is 0 Å². The van der Waals surface area contributed by atoms with Crippen LogP contribution in [-0.4, -0.2) is 25.0 Å². The normalized spacial score (nSPS) is 27.9. The molecule has 1 saturated carbocycles. The third kappa shape index (κ3) is 1.20. The van der Waals surface area contributed by atoms with Crippen molar-refractivity contribution in [2.24, 2.45) is 5.41 Å². The maximum absolute atomic E-state index is 2.42. The molecular weight excluding hydrogens is 122 g/mol. The van der Waals surface area contributed by atoms with Crippen LogP contribution in [0.5, 0.6) is 0 Å². The van der Waals surface area contributed by atoms with Crippen molar-refractivity contribution in [1.29, 1.82) is 0 Å². The van der Waals surface area contributed by atoms with Crippen LogP contribution in [0, 0.1) is 5.41 Å². The highest BCUT2D eigenvalue weighted by Gasteiger charge is 2.45. The highest BCUT2D eigenvalue weighted by atomic mass is 15.2. The van der Waals surface area contributed by atoms with Crippen molar-refractivity contribution in [2.75, 3.05) is 20.1 Å². The van der Waals surface area contributed by atoms with Crippen LogP contribution < -0.4 is 0 Å². The smallest absolute Gasteiger partial charge is 0.00474 e. The molecule has 1 nitrogen and oxygen atoms in total. The molecule has 0 atom stereocenters. The van der Waals surface area contributed by atoms with Crippen molar-refractivity contribution in [3.63, 3.8) is 0 Å². The van der Waals surface area contributed by atoms with Crippen molar-refractivity contribution in [3.05, 3.63) is 0 Å². The molecule has 1 aliphatic carbocycles. The van der Waals surface area contributed by atoms with Gasteiger partial charge >= 0.3 is 0 Å². The van der Waals surface area contributed by atoms with Crippen molar-refractivity contribution in [3.8, 4) is 0 Å². The van der Waals surface area contributed by atoms with Gasteiger partial charge in [-0.1, -0.05) is 20.3 Å². The molecular formula is C9H19N. The second kappa shape index (κ2) is 2.91. The Kier molecular flexibility index (Phi) is 2.35. The lowest BCUT2D eigenvalue weighted by Gasteiger charge is -2.54. The van der Waals surface area contributed by atoms with Gasteiger partial charge in [0.05, 0.1) is 0 Å². The molecule has 1 heteroatoms. The van der Waals surface area contributed by atoms with Crippen molar-refractivity contribution in [2.45, 2.75) is 33.1 Å². The average Bonchev–Trinajstić information content (AvgIpc) is 1.82. The fourth-order valence-electron chi connectivity index (χ4n) is 2.09. The average molecular weight is 141 g/mol. The van der Waals surface area contributed by atoms with Crippen LogP contribution in [0.2, 0.25) is 0 Å². The summed E-state index contributed by atoms with van der Waals surface area (Å²) in [5.74, 6) is 0. The largest absolute Gasteiger partial charge is 0.305 e. The number of rotatable bonds is 0. The van der Waals surface area contributed by atoms with E-state index in [4.69, 9.17) is 0 Å². The number of likely N-dealkylation sites (tertiary alicyclic amines) is 1. The zero-order valence-corrected chi connectivity index (χ0v) is 7.48. The Bertz CT molecular complexity index is 97.3. The molecule has 10 heavy (non-hydrogen) atoms. The predicted molar refractivity (Wildman–Crippen MR) is 45.1 cm³/mol. The monoisotopic (exact) mass is 141 g/mol. The lowest BCUT2D eigenvalue weighted by Crippen LogP contribution is -2.57. The molecule has 1 saturated heterocycles. The summed E-state index contributed by atoms with van der Waals surface area (Å²) in [5.41, 5.74) is 0.842. The van der Waals surface area contributed by atoms with Gasteiger partial charge in [-0.05, 0) is 25.3 Å². The Morgan fingerprint density at radius 1 is 1.10 bits per heavy atom. The van der Waals surface area contributed by atoms with E-state index in [9.17, 15) is 0 Å². The fraction of sp³-hybridized carbons (Fsp3) is 1.00. The van der Waals surface area contributed by atoms with E-state index in [0.717, 1.165) is 5.41 Å². The van der Waals surface area contributed by atoms with Gasteiger partial charge in [-0.25, -0.2) is 0 Å². The van der Waals surface area contributed by atoms with Crippen molar-refractivity contribution < 1.29 is 0 Å². The van der Waals surface area contributed by atoms with E-state index in [1.165, 1.54) is 32.4 Å². The molecule has 2 fully saturated rings. The van der Waals surface area contributed by atoms with Gasteiger partial charge < -0.3 is 4.90 Å². The summed E-state index contributed by atoms with van der Waals surface area (Å²) >= 11 is 0. The Labute approximate surface area is 64.4 Å². The molecule has 1 aliphatic heterocycles. The SMILES string of the molecule is CC.CN1CC2(CCC2)C1. The van der Waals surface area contributed by atoms with Gasteiger partial charge in [0.25, 0.3) is 0 Å². The standard InChI is InChI=1S/C7H13N.C2H6/c1-8-5-7(6-8)3-2-4-7;1-2/h2-6H2,1H3;1-2H3. The second-order valence-corrected chi connectivity index (χ2v) is 3.53. The number of hydrogen-bond donors (Lipinski definition) is 0. The molecule has 0 bridgehead atoms. The third-order valence-electron chi connectivity index (χ3n) is 2.62. The summed E-state index contributed by atoms with van der Waals surface area (Å²) < 4.78 is 0. The van der Waals surface area contributed by atoms with E-state index in [-0.39, 0.29) is 0 Å². The highest BCUT2D eigenvalue weighted by Crippen LogP contribution is 2.47. The number of hydrogen-bond acceptors (Lipinski definition) is 1. The van der Waals surface area contributed by atoms with Crippen LogP contribution in [0.3, 0.4) is 0 Å². The van der Waals surface area contributed by atoms with Crippen LogP contribution in [0.1, 0.15) is 33.1 Å². The third-order valence-corrected chi connectivity index (χ3v) is 2.62. The van der Waals surface area contributed by atoms with E-state index in [1.807, 2.05) is 13.8 Å². The Balaban J connectivity index is 0.000000231. The first-order valence-corrected chi connectivity index (χ1v) is 4.49. The first-order chi connectivity index (χ1) is 4.81. The minimum atomic E-state index is 0.842. The van der Waals surface area contributed by atoms with E-state index in [1.54, 1.807) is 0 Å². The summed E-state index contributed by atoms with van der Waals surface area (Å²) in [5, 5.41) is 0. The highest BCUT2D eigenvalue weighted by molar-refractivity contribution is 4.98. The Hall–Kier alpha value is -0.0400. The molecule has 2 aliphatic rings. The molecule has 0 N–H and O–H groups in total. The molecule has 0 amide bonds. The predicted octanol–water partition coefficient (Wildman–Crippen LogP) is 2.13. The molecule has 0 aromatic rings. The first-order valence-electron chi connectivity index (χ1n) is 4.49. The lowest BCUT2D eigenvalue weighted by atomic mass is 9.64. The summed E-state index contributed by atoms with van der Waals surface area (Å²) in [4.78, 5) is 2.42. The minimum absolute atomic E-state index is 0.842. The van der Waals surface area contributed by atoms with Crippen LogP contribution >= 0.6 is 0 Å². The van der Waals surface area contributed by atoms with Gasteiger partial charge in [-0.2, -0.15) is 0 Å². The maximum atomic E-state index is 2.42. The summed E-state index contributed by atoms with van der Waals surface area (Å²) in [6, 6.07) is 0. The van der Waals surface area contributed by atoms with E-state index in [0.29, 0.717) is 0 Å². The fourth-order valence-corrected chi connectivity index (χ4v) is 2.09. The van der Waals surface area contributed by atoms with Gasteiger partial charge in [0, 0.05) is 13.1 Å². The lowest BCUT2D eigenvalue weighted by molar-refractivity contribution is -0.0436. The van der Waals surface area contributed by atoms with Crippen LogP contribution in [0.25, 0.3) is 0 Å². The molecule has 60 valence electrons. The van der Waals surface area contributed by atoms with Crippen LogP contribution in [0.4, 0.5) is 0 Å². The Morgan fingerprint density at radius 3 is 1.70 bits per heavy atom. The first kappa shape index (κ1) is 8.06. The van der Waals surface area contributed by atoms with Crippen molar-refractivity contribution in [1.82, 2.24) is 4.90 Å². The Morgan fingerprint density at radius 2 is 1.60 bits per heavy atom. The molecule has 1 heterocycles. The van der Waals surface area contributed by atoms with Crippen LogP contribution in [-0.2, 0) is 0 Å². The molecule has 0 aromatic carbocycles. The quantitative estimate of drug-likeness (QED) is 0.499. The topological polar surface area (TPSA) is 3.24 Å².